The van der Waals surface area contributed by atoms with Crippen LogP contribution < -0.4 is 5.32 Å². The van der Waals surface area contributed by atoms with Crippen LogP contribution in [-0.4, -0.2) is 40.5 Å². The first-order valence-electron chi connectivity index (χ1n) is 9.64. The van der Waals surface area contributed by atoms with Crippen molar-refractivity contribution >= 4 is 16.8 Å². The summed E-state index contributed by atoms with van der Waals surface area (Å²) in [4.78, 5) is 18.9. The maximum Gasteiger partial charge on any atom is 0.223 e. The second kappa shape index (κ2) is 7.16. The largest absolute Gasteiger partial charge is 0.356 e. The fourth-order valence-electron chi connectivity index (χ4n) is 4.46. The molecule has 25 heavy (non-hydrogen) atoms. The van der Waals surface area contributed by atoms with E-state index in [9.17, 15) is 4.79 Å². The van der Waals surface area contributed by atoms with Crippen LogP contribution in [0, 0.1) is 5.92 Å². The van der Waals surface area contributed by atoms with E-state index >= 15 is 0 Å². The highest BCUT2D eigenvalue weighted by Crippen LogP contribution is 2.30. The highest BCUT2D eigenvalue weighted by Gasteiger charge is 2.23. The van der Waals surface area contributed by atoms with Crippen molar-refractivity contribution in [2.24, 2.45) is 5.92 Å². The Labute approximate surface area is 149 Å². The molecule has 2 aromatic heterocycles. The van der Waals surface area contributed by atoms with E-state index in [-0.39, 0.29) is 11.8 Å². The number of hydrogen-bond donors (Lipinski definition) is 1. The van der Waals surface area contributed by atoms with Gasteiger partial charge in [0.15, 0.2) is 0 Å². The lowest BCUT2D eigenvalue weighted by Crippen LogP contribution is -2.31. The number of carbonyl (C=O) groups excluding carboxylic acids is 1. The number of pyridine rings is 1. The Morgan fingerprint density at radius 3 is 3.04 bits per heavy atom. The average molecular weight is 340 g/mol. The number of aromatic nitrogens is 2. The summed E-state index contributed by atoms with van der Waals surface area (Å²) in [5.41, 5.74) is 4.19. The topological polar surface area (TPSA) is 50.2 Å². The van der Waals surface area contributed by atoms with Crippen molar-refractivity contribution in [3.8, 4) is 0 Å². The summed E-state index contributed by atoms with van der Waals surface area (Å²) < 4.78 is 2.46. The minimum Gasteiger partial charge on any atom is -0.356 e. The van der Waals surface area contributed by atoms with Gasteiger partial charge in [0, 0.05) is 62.0 Å². The number of hydrogen-bond acceptors (Lipinski definition) is 3. The molecule has 4 rings (SSSR count). The number of carbonyl (C=O) groups is 1. The molecule has 0 saturated heterocycles. The smallest absolute Gasteiger partial charge is 0.223 e. The number of nitrogens with zero attached hydrogens (tertiary/aromatic N) is 3. The summed E-state index contributed by atoms with van der Waals surface area (Å²) in [6.07, 6.45) is 10.5. The Balaban J connectivity index is 1.44. The van der Waals surface area contributed by atoms with Gasteiger partial charge in [-0.3, -0.25) is 9.78 Å². The number of fused-ring (bicyclic) bond motifs is 3. The van der Waals surface area contributed by atoms with Gasteiger partial charge in [0.2, 0.25) is 5.91 Å². The molecule has 0 atom stereocenters. The van der Waals surface area contributed by atoms with E-state index in [0.717, 1.165) is 51.9 Å². The molecular weight excluding hydrogens is 312 g/mol. The fourth-order valence-corrected chi connectivity index (χ4v) is 4.46. The van der Waals surface area contributed by atoms with Gasteiger partial charge in [0.1, 0.15) is 0 Å². The van der Waals surface area contributed by atoms with Crippen molar-refractivity contribution in [1.82, 2.24) is 19.8 Å². The third-order valence-corrected chi connectivity index (χ3v) is 5.83. The number of amides is 1. The Hall–Kier alpha value is -1.88. The van der Waals surface area contributed by atoms with Crippen molar-refractivity contribution in [2.45, 2.75) is 51.6 Å². The normalized spacial score (nSPS) is 18.6. The lowest BCUT2D eigenvalue weighted by atomic mass is 10.1. The van der Waals surface area contributed by atoms with Gasteiger partial charge in [-0.05, 0) is 37.9 Å². The minimum absolute atomic E-state index is 0.266. The van der Waals surface area contributed by atoms with Crippen LogP contribution in [0.15, 0.2) is 18.5 Å². The van der Waals surface area contributed by atoms with Gasteiger partial charge in [-0.25, -0.2) is 0 Å². The molecule has 1 N–H and O–H groups in total. The van der Waals surface area contributed by atoms with E-state index in [1.807, 2.05) is 12.4 Å². The van der Waals surface area contributed by atoms with E-state index in [4.69, 9.17) is 0 Å². The molecule has 1 aliphatic heterocycles. The molecule has 5 heteroatoms. The van der Waals surface area contributed by atoms with Gasteiger partial charge in [0.05, 0.1) is 5.52 Å². The zero-order chi connectivity index (χ0) is 17.2. The molecule has 0 bridgehead atoms. The molecule has 134 valence electrons. The van der Waals surface area contributed by atoms with E-state index in [1.54, 1.807) is 0 Å². The summed E-state index contributed by atoms with van der Waals surface area (Å²) in [6, 6.07) is 2.13. The van der Waals surface area contributed by atoms with Crippen LogP contribution in [0.1, 0.15) is 43.4 Å². The summed E-state index contributed by atoms with van der Waals surface area (Å²) in [5.74, 6) is 0.532. The van der Waals surface area contributed by atoms with Crippen molar-refractivity contribution < 1.29 is 4.79 Å². The molecule has 0 aromatic carbocycles. The van der Waals surface area contributed by atoms with Gasteiger partial charge in [0.25, 0.3) is 0 Å². The zero-order valence-electron chi connectivity index (χ0n) is 15.1. The van der Waals surface area contributed by atoms with Crippen LogP contribution in [0.3, 0.4) is 0 Å². The van der Waals surface area contributed by atoms with Gasteiger partial charge in [-0.2, -0.15) is 0 Å². The van der Waals surface area contributed by atoms with Crippen molar-refractivity contribution in [2.75, 3.05) is 20.1 Å². The first-order valence-corrected chi connectivity index (χ1v) is 9.64. The zero-order valence-corrected chi connectivity index (χ0v) is 15.1. The molecule has 0 radical (unpaired) electrons. The van der Waals surface area contributed by atoms with Gasteiger partial charge in [-0.15, -0.1) is 0 Å². The predicted octanol–water partition coefficient (Wildman–Crippen LogP) is 2.72. The molecule has 1 saturated carbocycles. The lowest BCUT2D eigenvalue weighted by Gasteiger charge is -2.24. The summed E-state index contributed by atoms with van der Waals surface area (Å²) in [7, 11) is 2.18. The number of nitrogens with one attached hydrogen (secondary N) is 1. The molecular formula is C20H28N4O. The van der Waals surface area contributed by atoms with Crippen molar-refractivity contribution in [1.29, 1.82) is 0 Å². The van der Waals surface area contributed by atoms with Crippen molar-refractivity contribution in [3.63, 3.8) is 0 Å². The Morgan fingerprint density at radius 2 is 2.20 bits per heavy atom. The molecule has 2 aromatic rings. The Kier molecular flexibility index (Phi) is 4.75. The van der Waals surface area contributed by atoms with Crippen LogP contribution in [0.25, 0.3) is 10.9 Å². The van der Waals surface area contributed by atoms with Crippen LogP contribution >= 0.6 is 0 Å². The lowest BCUT2D eigenvalue weighted by molar-refractivity contribution is -0.124. The summed E-state index contributed by atoms with van der Waals surface area (Å²) >= 11 is 0. The second-order valence-electron chi connectivity index (χ2n) is 7.58. The molecule has 3 heterocycles. The van der Waals surface area contributed by atoms with Gasteiger partial charge in [-0.1, -0.05) is 12.8 Å². The van der Waals surface area contributed by atoms with E-state index in [0.29, 0.717) is 0 Å². The van der Waals surface area contributed by atoms with Crippen LogP contribution in [0.4, 0.5) is 0 Å². The average Bonchev–Trinajstić information content (AvgIpc) is 3.26. The Morgan fingerprint density at radius 1 is 1.36 bits per heavy atom. The number of rotatable bonds is 5. The highest BCUT2D eigenvalue weighted by atomic mass is 16.1. The third-order valence-electron chi connectivity index (χ3n) is 5.83. The number of likely N-dealkylation sites (N-methyl/N-ethyl adjacent to an activating group) is 1. The SMILES string of the molecule is CN1CCc2c(c3cnccc3n2CCCNC(=O)C2CCCC2)C1. The maximum atomic E-state index is 12.2. The maximum absolute atomic E-state index is 12.2. The van der Waals surface area contributed by atoms with E-state index < -0.39 is 0 Å². The van der Waals surface area contributed by atoms with Crippen molar-refractivity contribution in [3.05, 3.63) is 29.7 Å². The molecule has 1 fully saturated rings. The van der Waals surface area contributed by atoms with Gasteiger partial charge < -0.3 is 14.8 Å². The third kappa shape index (κ3) is 3.30. The van der Waals surface area contributed by atoms with E-state index in [1.165, 1.54) is 35.0 Å². The standard InChI is InChI=1S/C20H28N4O/c1-23-12-8-19-17(14-23)16-13-21-10-7-18(16)24(19)11-4-9-22-20(25)15-5-2-3-6-15/h7,10,13,15H,2-6,8-9,11-12,14H2,1H3,(H,22,25). The van der Waals surface area contributed by atoms with Crippen LogP contribution in [-0.2, 0) is 24.3 Å². The predicted molar refractivity (Wildman–Crippen MR) is 99.4 cm³/mol. The molecule has 1 amide bonds. The summed E-state index contributed by atoms with van der Waals surface area (Å²) in [6.45, 7) is 3.84. The monoisotopic (exact) mass is 340 g/mol. The molecule has 2 aliphatic rings. The summed E-state index contributed by atoms with van der Waals surface area (Å²) in [5, 5.41) is 4.44. The fraction of sp³-hybridized carbons (Fsp3) is 0.600. The minimum atomic E-state index is 0.266. The first kappa shape index (κ1) is 16.6. The molecule has 1 aliphatic carbocycles. The van der Waals surface area contributed by atoms with Gasteiger partial charge >= 0.3 is 0 Å². The van der Waals surface area contributed by atoms with E-state index in [2.05, 4.69) is 32.9 Å². The van der Waals surface area contributed by atoms with Crippen LogP contribution in [0.5, 0.6) is 0 Å². The number of aryl methyl sites for hydroxylation is 1. The highest BCUT2D eigenvalue weighted by molar-refractivity contribution is 5.85. The molecule has 0 unspecified atom stereocenters. The van der Waals surface area contributed by atoms with Crippen LogP contribution in [0.2, 0.25) is 0 Å². The first-order chi connectivity index (χ1) is 12.2. The quantitative estimate of drug-likeness (QED) is 0.852. The second-order valence-corrected chi connectivity index (χ2v) is 7.58. The molecule has 5 nitrogen and oxygen atoms in total. The Bertz CT molecular complexity index is 760. The molecule has 0 spiro atoms.